The molecule has 8 heteroatoms. The highest BCUT2D eigenvalue weighted by Gasteiger charge is 2.23. The summed E-state index contributed by atoms with van der Waals surface area (Å²) in [6, 6.07) is 3.88. The van der Waals surface area contributed by atoms with Gasteiger partial charge in [0.25, 0.3) is 11.6 Å². The van der Waals surface area contributed by atoms with E-state index in [0.29, 0.717) is 0 Å². The molecule has 1 rings (SSSR count). The van der Waals surface area contributed by atoms with Crippen LogP contribution in [0.3, 0.4) is 0 Å². The SMILES string of the molecule is CCOC(=O)CNC(=O)c1c(Cl)cccc1[N+](=O)[O-]. The van der Waals surface area contributed by atoms with Crippen molar-refractivity contribution in [3.05, 3.63) is 38.9 Å². The predicted octanol–water partition coefficient (Wildman–Crippen LogP) is 1.54. The smallest absolute Gasteiger partial charge is 0.325 e. The number of nitro benzene ring substituents is 1. The highest BCUT2D eigenvalue weighted by Crippen LogP contribution is 2.25. The molecule has 0 heterocycles. The Bertz CT molecular complexity index is 518. The summed E-state index contributed by atoms with van der Waals surface area (Å²) < 4.78 is 4.62. The molecule has 1 N–H and O–H groups in total. The summed E-state index contributed by atoms with van der Waals surface area (Å²) in [6.45, 7) is 1.43. The first-order chi connectivity index (χ1) is 8.97. The zero-order valence-corrected chi connectivity index (χ0v) is 10.8. The number of nitrogens with zero attached hydrogens (tertiary/aromatic N) is 1. The van der Waals surface area contributed by atoms with Gasteiger partial charge in [0.1, 0.15) is 12.1 Å². The van der Waals surface area contributed by atoms with Gasteiger partial charge < -0.3 is 10.1 Å². The van der Waals surface area contributed by atoms with Gasteiger partial charge in [0.2, 0.25) is 0 Å². The Kier molecular flexibility index (Phi) is 5.25. The highest BCUT2D eigenvalue weighted by molar-refractivity contribution is 6.34. The van der Waals surface area contributed by atoms with Crippen molar-refractivity contribution in [2.75, 3.05) is 13.2 Å². The lowest BCUT2D eigenvalue weighted by molar-refractivity contribution is -0.385. The van der Waals surface area contributed by atoms with Crippen LogP contribution in [0.2, 0.25) is 5.02 Å². The van der Waals surface area contributed by atoms with E-state index in [-0.39, 0.29) is 23.7 Å². The van der Waals surface area contributed by atoms with E-state index in [9.17, 15) is 19.7 Å². The van der Waals surface area contributed by atoms with Crippen LogP contribution in [0, 0.1) is 10.1 Å². The van der Waals surface area contributed by atoms with E-state index in [1.807, 2.05) is 0 Å². The lowest BCUT2D eigenvalue weighted by Gasteiger charge is -2.06. The molecule has 1 aromatic rings. The van der Waals surface area contributed by atoms with Gasteiger partial charge in [0.15, 0.2) is 0 Å². The second kappa shape index (κ2) is 6.69. The Hall–Kier alpha value is -2.15. The van der Waals surface area contributed by atoms with Crippen LogP contribution < -0.4 is 5.32 Å². The molecule has 1 amide bonds. The molecule has 1 aromatic carbocycles. The van der Waals surface area contributed by atoms with Crippen molar-refractivity contribution < 1.29 is 19.2 Å². The van der Waals surface area contributed by atoms with Gasteiger partial charge in [-0.2, -0.15) is 0 Å². The second-order valence-corrected chi connectivity index (χ2v) is 3.79. The molecular formula is C11H11ClN2O5. The quantitative estimate of drug-likeness (QED) is 0.503. The van der Waals surface area contributed by atoms with Crippen molar-refractivity contribution in [2.45, 2.75) is 6.92 Å². The Morgan fingerprint density at radius 2 is 2.16 bits per heavy atom. The maximum absolute atomic E-state index is 11.8. The molecule has 0 aliphatic rings. The van der Waals surface area contributed by atoms with Crippen molar-refractivity contribution in [1.29, 1.82) is 0 Å². The first kappa shape index (κ1) is 14.9. The van der Waals surface area contributed by atoms with Crippen molar-refractivity contribution in [1.82, 2.24) is 5.32 Å². The Labute approximate surface area is 113 Å². The third-order valence-electron chi connectivity index (χ3n) is 2.11. The normalized spacial score (nSPS) is 9.79. The maximum Gasteiger partial charge on any atom is 0.325 e. The van der Waals surface area contributed by atoms with Crippen molar-refractivity contribution in [2.24, 2.45) is 0 Å². The molecule has 0 aliphatic carbocycles. The number of esters is 1. The summed E-state index contributed by atoms with van der Waals surface area (Å²) in [5.41, 5.74) is -0.702. The van der Waals surface area contributed by atoms with Crippen LogP contribution in [0.4, 0.5) is 5.69 Å². The molecule has 0 aliphatic heterocycles. The summed E-state index contributed by atoms with van der Waals surface area (Å²) in [5, 5.41) is 13.0. The third-order valence-corrected chi connectivity index (χ3v) is 2.43. The fraction of sp³-hybridized carbons (Fsp3) is 0.273. The molecular weight excluding hydrogens is 276 g/mol. The Balaban J connectivity index is 2.88. The summed E-state index contributed by atoms with van der Waals surface area (Å²) in [4.78, 5) is 32.9. The van der Waals surface area contributed by atoms with Gasteiger partial charge in [0, 0.05) is 6.07 Å². The number of halogens is 1. The largest absolute Gasteiger partial charge is 0.465 e. The fourth-order valence-electron chi connectivity index (χ4n) is 1.34. The summed E-state index contributed by atoms with van der Waals surface area (Å²) in [6.07, 6.45) is 0. The van der Waals surface area contributed by atoms with E-state index in [4.69, 9.17) is 11.6 Å². The average molecular weight is 287 g/mol. The van der Waals surface area contributed by atoms with Crippen LogP contribution in [0.15, 0.2) is 18.2 Å². The number of nitro groups is 1. The number of benzene rings is 1. The summed E-state index contributed by atoms with van der Waals surface area (Å²) in [5.74, 6) is -1.43. The molecule has 0 aromatic heterocycles. The second-order valence-electron chi connectivity index (χ2n) is 3.38. The number of amides is 1. The zero-order chi connectivity index (χ0) is 14.4. The van der Waals surface area contributed by atoms with Gasteiger partial charge in [-0.15, -0.1) is 0 Å². The number of hydrogen-bond donors (Lipinski definition) is 1. The molecule has 0 fully saturated rings. The predicted molar refractivity (Wildman–Crippen MR) is 67.1 cm³/mol. The molecule has 102 valence electrons. The Morgan fingerprint density at radius 3 is 2.74 bits per heavy atom. The fourth-order valence-corrected chi connectivity index (χ4v) is 1.60. The molecule has 19 heavy (non-hydrogen) atoms. The maximum atomic E-state index is 11.8. The van der Waals surface area contributed by atoms with Gasteiger partial charge in [-0.1, -0.05) is 17.7 Å². The molecule has 0 spiro atoms. The number of carbonyl (C=O) groups is 2. The van der Waals surface area contributed by atoms with E-state index in [1.54, 1.807) is 6.92 Å². The van der Waals surface area contributed by atoms with Gasteiger partial charge in [-0.3, -0.25) is 19.7 Å². The van der Waals surface area contributed by atoms with Crippen LogP contribution in [-0.4, -0.2) is 30.0 Å². The molecule has 0 atom stereocenters. The minimum atomic E-state index is -0.801. The van der Waals surface area contributed by atoms with Crippen LogP contribution >= 0.6 is 11.6 Å². The van der Waals surface area contributed by atoms with Gasteiger partial charge in [-0.05, 0) is 13.0 Å². The zero-order valence-electron chi connectivity index (χ0n) is 10.0. The van der Waals surface area contributed by atoms with E-state index < -0.39 is 22.5 Å². The average Bonchev–Trinajstić information content (AvgIpc) is 2.36. The van der Waals surface area contributed by atoms with E-state index >= 15 is 0 Å². The number of hydrogen-bond acceptors (Lipinski definition) is 5. The van der Waals surface area contributed by atoms with E-state index in [1.165, 1.54) is 12.1 Å². The van der Waals surface area contributed by atoms with Crippen LogP contribution in [0.5, 0.6) is 0 Å². The standard InChI is InChI=1S/C11H11ClN2O5/c1-2-19-9(15)6-13-11(16)10-7(12)4-3-5-8(10)14(17)18/h3-5H,2,6H2,1H3,(H,13,16). The number of carbonyl (C=O) groups excluding carboxylic acids is 2. The van der Waals surface area contributed by atoms with Crippen LogP contribution in [0.25, 0.3) is 0 Å². The van der Waals surface area contributed by atoms with Crippen molar-refractivity contribution in [3.8, 4) is 0 Å². The Morgan fingerprint density at radius 1 is 1.47 bits per heavy atom. The molecule has 0 bridgehead atoms. The van der Waals surface area contributed by atoms with E-state index in [2.05, 4.69) is 10.1 Å². The van der Waals surface area contributed by atoms with Crippen LogP contribution in [0.1, 0.15) is 17.3 Å². The molecule has 0 saturated heterocycles. The van der Waals surface area contributed by atoms with Crippen molar-refractivity contribution >= 4 is 29.2 Å². The molecule has 0 saturated carbocycles. The summed E-state index contributed by atoms with van der Waals surface area (Å²) in [7, 11) is 0. The number of nitrogens with one attached hydrogen (secondary N) is 1. The first-order valence-corrected chi connectivity index (χ1v) is 5.71. The van der Waals surface area contributed by atoms with E-state index in [0.717, 1.165) is 6.07 Å². The number of ether oxygens (including phenoxy) is 1. The topological polar surface area (TPSA) is 98.5 Å². The lowest BCUT2D eigenvalue weighted by Crippen LogP contribution is -2.31. The molecule has 7 nitrogen and oxygen atoms in total. The minimum Gasteiger partial charge on any atom is -0.465 e. The van der Waals surface area contributed by atoms with Gasteiger partial charge >= 0.3 is 5.97 Å². The molecule has 0 unspecified atom stereocenters. The lowest BCUT2D eigenvalue weighted by atomic mass is 10.1. The minimum absolute atomic E-state index is 0.0597. The highest BCUT2D eigenvalue weighted by atomic mass is 35.5. The monoisotopic (exact) mass is 286 g/mol. The van der Waals surface area contributed by atoms with Crippen molar-refractivity contribution in [3.63, 3.8) is 0 Å². The third kappa shape index (κ3) is 3.92. The summed E-state index contributed by atoms with van der Waals surface area (Å²) >= 11 is 5.76. The number of rotatable bonds is 5. The molecule has 0 radical (unpaired) electrons. The van der Waals surface area contributed by atoms with Gasteiger partial charge in [-0.25, -0.2) is 0 Å². The van der Waals surface area contributed by atoms with Gasteiger partial charge in [0.05, 0.1) is 16.6 Å². The first-order valence-electron chi connectivity index (χ1n) is 5.34. The van der Waals surface area contributed by atoms with Crippen LogP contribution in [-0.2, 0) is 9.53 Å².